The fraction of sp³-hybridized carbons (Fsp3) is 0.192. The van der Waals surface area contributed by atoms with Crippen LogP contribution in [0.5, 0.6) is 11.5 Å². The number of hydrogen-bond donors (Lipinski definition) is 1. The predicted molar refractivity (Wildman–Crippen MR) is 138 cm³/mol. The summed E-state index contributed by atoms with van der Waals surface area (Å²) >= 11 is 7.36. The van der Waals surface area contributed by atoms with E-state index in [-0.39, 0.29) is 29.9 Å². The maximum Gasteiger partial charge on any atom is 0.262 e. The molecule has 178 valence electrons. The Morgan fingerprint density at radius 1 is 1.14 bits per heavy atom. The highest BCUT2D eigenvalue weighted by molar-refractivity contribution is 7.99. The van der Waals surface area contributed by atoms with Crippen molar-refractivity contribution in [3.05, 3.63) is 87.7 Å². The van der Waals surface area contributed by atoms with Gasteiger partial charge in [0.1, 0.15) is 6.61 Å². The van der Waals surface area contributed by atoms with Gasteiger partial charge in [0.15, 0.2) is 22.8 Å². The third-order valence-electron chi connectivity index (χ3n) is 5.57. The summed E-state index contributed by atoms with van der Waals surface area (Å²) in [6.45, 7) is 2.44. The van der Waals surface area contributed by atoms with E-state index in [9.17, 15) is 9.59 Å². The Bertz CT molecular complexity index is 1470. The Labute approximate surface area is 211 Å². The SMILES string of the molecule is Cc1ccc(NC(=O)CSc2nc3ccccc3c(=O)n2C[C@H]2COc3ccccc3O2)cc1Cl. The monoisotopic (exact) mass is 507 g/mol. The highest BCUT2D eigenvalue weighted by atomic mass is 35.5. The fourth-order valence-corrected chi connectivity index (χ4v) is 4.76. The summed E-state index contributed by atoms with van der Waals surface area (Å²) in [6, 6.07) is 19.9. The normalized spacial score (nSPS) is 14.6. The van der Waals surface area contributed by atoms with Crippen LogP contribution in [0.2, 0.25) is 5.02 Å². The third-order valence-corrected chi connectivity index (χ3v) is 6.95. The van der Waals surface area contributed by atoms with Crippen LogP contribution in [0.15, 0.2) is 76.7 Å². The van der Waals surface area contributed by atoms with Gasteiger partial charge < -0.3 is 14.8 Å². The molecule has 1 atom stereocenters. The molecule has 5 rings (SSSR count). The molecule has 1 aliphatic heterocycles. The Hall–Kier alpha value is -3.49. The van der Waals surface area contributed by atoms with Crippen molar-refractivity contribution in [2.45, 2.75) is 24.7 Å². The molecule has 1 aromatic heterocycles. The average Bonchev–Trinajstić information content (AvgIpc) is 2.87. The Balaban J connectivity index is 1.38. The summed E-state index contributed by atoms with van der Waals surface area (Å²) in [5, 5.41) is 4.37. The van der Waals surface area contributed by atoms with E-state index in [2.05, 4.69) is 10.3 Å². The number of para-hydroxylation sites is 3. The number of amides is 1. The molecule has 0 bridgehead atoms. The van der Waals surface area contributed by atoms with Crippen LogP contribution in [0, 0.1) is 6.92 Å². The van der Waals surface area contributed by atoms with Crippen molar-refractivity contribution in [2.24, 2.45) is 0 Å². The summed E-state index contributed by atoms with van der Waals surface area (Å²) < 4.78 is 13.4. The molecule has 2 heterocycles. The number of aryl methyl sites for hydroxylation is 1. The van der Waals surface area contributed by atoms with Crippen molar-refractivity contribution in [1.82, 2.24) is 9.55 Å². The topological polar surface area (TPSA) is 82.5 Å². The number of rotatable bonds is 6. The third kappa shape index (κ3) is 5.13. The minimum Gasteiger partial charge on any atom is -0.486 e. The van der Waals surface area contributed by atoms with Crippen LogP contribution < -0.4 is 20.3 Å². The number of nitrogens with zero attached hydrogens (tertiary/aromatic N) is 2. The lowest BCUT2D eigenvalue weighted by atomic mass is 10.2. The number of halogens is 1. The molecule has 35 heavy (non-hydrogen) atoms. The lowest BCUT2D eigenvalue weighted by Crippen LogP contribution is -2.37. The Kier molecular flexibility index (Phi) is 6.66. The number of hydrogen-bond acceptors (Lipinski definition) is 6. The number of ether oxygens (including phenoxy) is 2. The van der Waals surface area contributed by atoms with Gasteiger partial charge in [-0.1, -0.05) is 53.7 Å². The molecule has 0 spiro atoms. The number of thioether (sulfide) groups is 1. The van der Waals surface area contributed by atoms with E-state index < -0.39 is 0 Å². The van der Waals surface area contributed by atoms with Crippen molar-refractivity contribution < 1.29 is 14.3 Å². The van der Waals surface area contributed by atoms with E-state index in [0.717, 1.165) is 5.56 Å². The number of fused-ring (bicyclic) bond motifs is 2. The molecule has 3 aromatic carbocycles. The molecule has 1 aliphatic rings. The van der Waals surface area contributed by atoms with Gasteiger partial charge in [-0.15, -0.1) is 0 Å². The molecule has 9 heteroatoms. The zero-order valence-electron chi connectivity index (χ0n) is 18.9. The van der Waals surface area contributed by atoms with Gasteiger partial charge in [-0.05, 0) is 48.9 Å². The molecule has 0 saturated carbocycles. The molecule has 0 saturated heterocycles. The van der Waals surface area contributed by atoms with Crippen LogP contribution in [-0.4, -0.2) is 33.9 Å². The largest absolute Gasteiger partial charge is 0.486 e. The lowest BCUT2D eigenvalue weighted by Gasteiger charge is -2.27. The van der Waals surface area contributed by atoms with Gasteiger partial charge in [0.05, 0.1) is 23.2 Å². The molecule has 0 fully saturated rings. The van der Waals surface area contributed by atoms with Gasteiger partial charge in [-0.25, -0.2) is 4.98 Å². The van der Waals surface area contributed by atoms with Crippen LogP contribution in [-0.2, 0) is 11.3 Å². The van der Waals surface area contributed by atoms with Gasteiger partial charge in [0, 0.05) is 10.7 Å². The second kappa shape index (κ2) is 10.0. The fourth-order valence-electron chi connectivity index (χ4n) is 3.77. The van der Waals surface area contributed by atoms with Gasteiger partial charge in [-0.3, -0.25) is 14.2 Å². The quantitative estimate of drug-likeness (QED) is 0.294. The molecule has 4 aromatic rings. The lowest BCUT2D eigenvalue weighted by molar-refractivity contribution is -0.113. The maximum atomic E-state index is 13.4. The second-order valence-corrected chi connectivity index (χ2v) is 9.48. The highest BCUT2D eigenvalue weighted by Crippen LogP contribution is 2.31. The van der Waals surface area contributed by atoms with Crippen molar-refractivity contribution >= 4 is 45.9 Å². The molecule has 0 radical (unpaired) electrons. The first-order chi connectivity index (χ1) is 17.0. The Morgan fingerprint density at radius 2 is 1.91 bits per heavy atom. The molecule has 1 N–H and O–H groups in total. The standard InChI is InChI=1S/C26H22ClN3O4S/c1-16-10-11-17(12-20(16)27)28-24(31)15-35-26-29-21-7-3-2-6-19(21)25(32)30(26)13-18-14-33-22-8-4-5-9-23(22)34-18/h2-12,18H,13-15H2,1H3,(H,28,31)/t18-/m0/s1. The first-order valence-electron chi connectivity index (χ1n) is 11.0. The van der Waals surface area contributed by atoms with Crippen molar-refractivity contribution in [2.75, 3.05) is 17.7 Å². The summed E-state index contributed by atoms with van der Waals surface area (Å²) in [4.78, 5) is 30.7. The van der Waals surface area contributed by atoms with Gasteiger partial charge >= 0.3 is 0 Å². The second-order valence-electron chi connectivity index (χ2n) is 8.13. The maximum absolute atomic E-state index is 13.4. The first-order valence-corrected chi connectivity index (χ1v) is 12.4. The summed E-state index contributed by atoms with van der Waals surface area (Å²) in [5.41, 5.74) is 1.93. The number of carbonyl (C=O) groups excluding carboxylic acids is 1. The van der Waals surface area contributed by atoms with E-state index in [4.69, 9.17) is 21.1 Å². The molecular formula is C26H22ClN3O4S. The van der Waals surface area contributed by atoms with E-state index in [1.54, 1.807) is 34.9 Å². The molecule has 0 aliphatic carbocycles. The highest BCUT2D eigenvalue weighted by Gasteiger charge is 2.24. The van der Waals surface area contributed by atoms with E-state index in [1.807, 2.05) is 43.3 Å². The number of benzene rings is 3. The molecule has 7 nitrogen and oxygen atoms in total. The average molecular weight is 508 g/mol. The van der Waals surface area contributed by atoms with Crippen molar-refractivity contribution in [3.8, 4) is 11.5 Å². The minimum atomic E-state index is -0.381. The van der Waals surface area contributed by atoms with E-state index in [1.165, 1.54) is 11.8 Å². The molecular weight excluding hydrogens is 486 g/mol. The van der Waals surface area contributed by atoms with Crippen LogP contribution in [0.4, 0.5) is 5.69 Å². The summed E-state index contributed by atoms with van der Waals surface area (Å²) in [7, 11) is 0. The predicted octanol–water partition coefficient (Wildman–Crippen LogP) is 4.93. The summed E-state index contributed by atoms with van der Waals surface area (Å²) in [6.07, 6.45) is -0.381. The van der Waals surface area contributed by atoms with Crippen molar-refractivity contribution in [3.63, 3.8) is 0 Å². The van der Waals surface area contributed by atoms with Crippen LogP contribution in [0.1, 0.15) is 5.56 Å². The number of aromatic nitrogens is 2. The Morgan fingerprint density at radius 3 is 2.74 bits per heavy atom. The van der Waals surface area contributed by atoms with E-state index in [0.29, 0.717) is 44.9 Å². The zero-order valence-corrected chi connectivity index (χ0v) is 20.4. The number of anilines is 1. The van der Waals surface area contributed by atoms with Crippen LogP contribution in [0.3, 0.4) is 0 Å². The van der Waals surface area contributed by atoms with E-state index >= 15 is 0 Å². The molecule has 0 unspecified atom stereocenters. The minimum absolute atomic E-state index is 0.0706. The van der Waals surface area contributed by atoms with Gasteiger partial charge in [0.25, 0.3) is 5.56 Å². The van der Waals surface area contributed by atoms with Crippen LogP contribution >= 0.6 is 23.4 Å². The van der Waals surface area contributed by atoms with Gasteiger partial charge in [0.2, 0.25) is 5.91 Å². The molecule has 1 amide bonds. The first kappa shape index (κ1) is 23.3. The smallest absolute Gasteiger partial charge is 0.262 e. The van der Waals surface area contributed by atoms with Crippen LogP contribution in [0.25, 0.3) is 10.9 Å². The van der Waals surface area contributed by atoms with Crippen molar-refractivity contribution in [1.29, 1.82) is 0 Å². The zero-order chi connectivity index (χ0) is 24.4. The summed E-state index contributed by atoms with van der Waals surface area (Å²) in [5.74, 6) is 1.15. The number of nitrogens with one attached hydrogen (secondary N) is 1. The van der Waals surface area contributed by atoms with Gasteiger partial charge in [-0.2, -0.15) is 0 Å². The number of carbonyl (C=O) groups is 1.